The molecule has 19 heavy (non-hydrogen) atoms. The average molecular weight is 281 g/mol. The number of hydrogen-bond acceptors (Lipinski definition) is 4. The summed E-state index contributed by atoms with van der Waals surface area (Å²) in [6.07, 6.45) is 2.66. The van der Waals surface area contributed by atoms with Crippen LogP contribution in [0.1, 0.15) is 17.4 Å². The first-order chi connectivity index (χ1) is 8.86. The summed E-state index contributed by atoms with van der Waals surface area (Å²) in [7, 11) is -1.84. The topological polar surface area (TPSA) is 71.8 Å². The van der Waals surface area contributed by atoms with E-state index in [-0.39, 0.29) is 16.8 Å². The van der Waals surface area contributed by atoms with Crippen molar-refractivity contribution in [3.8, 4) is 0 Å². The number of pyridine rings is 1. The van der Waals surface area contributed by atoms with Crippen LogP contribution < -0.4 is 0 Å². The van der Waals surface area contributed by atoms with E-state index in [2.05, 4.69) is 4.98 Å². The Balaban J connectivity index is 2.74. The highest BCUT2D eigenvalue weighted by Gasteiger charge is 2.23. The van der Waals surface area contributed by atoms with Gasteiger partial charge in [0.2, 0.25) is 15.0 Å². The maximum atomic E-state index is 12.2. The second-order valence-electron chi connectivity index (χ2n) is 4.29. The summed E-state index contributed by atoms with van der Waals surface area (Å²) in [4.78, 5) is 17.7. The molecule has 1 amide bonds. The minimum Gasteiger partial charge on any atom is -0.341 e. The quantitative estimate of drug-likeness (QED) is 0.835. The van der Waals surface area contributed by atoms with E-state index < -0.39 is 9.84 Å². The predicted molar refractivity (Wildman–Crippen MR) is 70.9 cm³/mol. The highest BCUT2D eigenvalue weighted by molar-refractivity contribution is 7.90. The first-order valence-electron chi connectivity index (χ1n) is 5.79. The lowest BCUT2D eigenvalue weighted by Crippen LogP contribution is -2.26. The third-order valence-corrected chi connectivity index (χ3v) is 3.82. The molecule has 7 heteroatoms. The lowest BCUT2D eigenvalue weighted by molar-refractivity contribution is 0.0799. The number of fused-ring (bicyclic) bond motifs is 1. The molecule has 0 bridgehead atoms. The van der Waals surface area contributed by atoms with Crippen LogP contribution in [-0.2, 0) is 9.84 Å². The molecule has 0 aromatic carbocycles. The summed E-state index contributed by atoms with van der Waals surface area (Å²) in [5.74, 6) is -0.291. The highest BCUT2D eigenvalue weighted by Crippen LogP contribution is 2.18. The summed E-state index contributed by atoms with van der Waals surface area (Å²) >= 11 is 0. The summed E-state index contributed by atoms with van der Waals surface area (Å²) in [6.45, 7) is 2.37. The summed E-state index contributed by atoms with van der Waals surface area (Å²) < 4.78 is 24.9. The van der Waals surface area contributed by atoms with Gasteiger partial charge in [-0.05, 0) is 19.1 Å². The van der Waals surface area contributed by atoms with Gasteiger partial charge in [-0.15, -0.1) is 0 Å². The molecule has 0 aliphatic heterocycles. The van der Waals surface area contributed by atoms with E-state index in [9.17, 15) is 13.2 Å². The van der Waals surface area contributed by atoms with Gasteiger partial charge in [-0.3, -0.25) is 9.20 Å². The van der Waals surface area contributed by atoms with Crippen molar-refractivity contribution in [1.82, 2.24) is 14.3 Å². The molecule has 2 aromatic rings. The smallest absolute Gasteiger partial charge is 0.274 e. The van der Waals surface area contributed by atoms with Crippen molar-refractivity contribution in [3.63, 3.8) is 0 Å². The summed E-state index contributed by atoms with van der Waals surface area (Å²) in [5.41, 5.74) is 0.651. The molecular weight excluding hydrogens is 266 g/mol. The standard InChI is InChI=1S/C12H15N3O3S/c1-4-14(2)11(16)10-9-7-5-6-8-15(9)12(13-10)19(3,17)18/h5-8H,4H2,1-3H3. The van der Waals surface area contributed by atoms with Crippen molar-refractivity contribution in [2.45, 2.75) is 12.1 Å². The fourth-order valence-electron chi connectivity index (χ4n) is 1.75. The molecule has 2 rings (SSSR count). The lowest BCUT2D eigenvalue weighted by Gasteiger charge is -2.12. The van der Waals surface area contributed by atoms with Crippen LogP contribution in [-0.4, -0.2) is 48.5 Å². The first-order valence-corrected chi connectivity index (χ1v) is 7.68. The molecule has 0 saturated heterocycles. The third-order valence-electron chi connectivity index (χ3n) is 2.87. The third kappa shape index (κ3) is 2.33. The van der Waals surface area contributed by atoms with E-state index in [1.807, 2.05) is 6.92 Å². The highest BCUT2D eigenvalue weighted by atomic mass is 32.2. The second kappa shape index (κ2) is 4.65. The molecule has 0 N–H and O–H groups in total. The Morgan fingerprint density at radius 3 is 2.68 bits per heavy atom. The zero-order chi connectivity index (χ0) is 14.2. The van der Waals surface area contributed by atoms with Gasteiger partial charge in [0.05, 0.1) is 5.52 Å². The van der Waals surface area contributed by atoms with Gasteiger partial charge in [0.1, 0.15) is 0 Å². The SMILES string of the molecule is CCN(C)C(=O)c1nc(S(C)(=O)=O)n2ccccc12. The summed E-state index contributed by atoms with van der Waals surface area (Å²) in [6, 6.07) is 5.12. The summed E-state index contributed by atoms with van der Waals surface area (Å²) in [5, 5.41) is -0.115. The van der Waals surface area contributed by atoms with Crippen LogP contribution in [0.4, 0.5) is 0 Å². The largest absolute Gasteiger partial charge is 0.341 e. The van der Waals surface area contributed by atoms with Gasteiger partial charge in [-0.2, -0.15) is 0 Å². The van der Waals surface area contributed by atoms with E-state index in [4.69, 9.17) is 0 Å². The number of amides is 1. The number of imidazole rings is 1. The molecule has 2 aromatic heterocycles. The molecule has 102 valence electrons. The molecule has 0 unspecified atom stereocenters. The molecule has 0 aliphatic rings. The fourth-order valence-corrected chi connectivity index (χ4v) is 2.53. The van der Waals surface area contributed by atoms with Crippen LogP contribution >= 0.6 is 0 Å². The maximum absolute atomic E-state index is 12.2. The minimum atomic E-state index is -3.49. The molecule has 0 radical (unpaired) electrons. The number of aromatic nitrogens is 2. The van der Waals surface area contributed by atoms with E-state index >= 15 is 0 Å². The van der Waals surface area contributed by atoms with Crippen LogP contribution in [0.3, 0.4) is 0 Å². The van der Waals surface area contributed by atoms with Gasteiger partial charge < -0.3 is 4.90 Å². The Kier molecular flexibility index (Phi) is 3.32. The number of carbonyl (C=O) groups is 1. The fraction of sp³-hybridized carbons (Fsp3) is 0.333. The molecule has 0 spiro atoms. The first kappa shape index (κ1) is 13.5. The van der Waals surface area contributed by atoms with Crippen LogP contribution in [0.15, 0.2) is 29.6 Å². The van der Waals surface area contributed by atoms with E-state index in [0.717, 1.165) is 6.26 Å². The van der Waals surface area contributed by atoms with Crippen molar-refractivity contribution >= 4 is 21.3 Å². The zero-order valence-electron chi connectivity index (χ0n) is 11.0. The molecular formula is C12H15N3O3S. The number of nitrogens with zero attached hydrogens (tertiary/aromatic N) is 3. The maximum Gasteiger partial charge on any atom is 0.274 e. The minimum absolute atomic E-state index is 0.115. The second-order valence-corrected chi connectivity index (χ2v) is 6.20. The van der Waals surface area contributed by atoms with Gasteiger partial charge in [0.15, 0.2) is 5.69 Å². The number of rotatable bonds is 3. The van der Waals surface area contributed by atoms with E-state index in [1.165, 1.54) is 9.30 Å². The van der Waals surface area contributed by atoms with E-state index in [0.29, 0.717) is 12.1 Å². The van der Waals surface area contributed by atoms with Crippen LogP contribution in [0.5, 0.6) is 0 Å². The van der Waals surface area contributed by atoms with Gasteiger partial charge >= 0.3 is 0 Å². The van der Waals surface area contributed by atoms with Crippen LogP contribution in [0.25, 0.3) is 5.52 Å². The normalized spacial score (nSPS) is 11.7. The Morgan fingerprint density at radius 2 is 2.11 bits per heavy atom. The number of hydrogen-bond donors (Lipinski definition) is 0. The molecule has 0 fully saturated rings. The molecule has 0 aliphatic carbocycles. The Morgan fingerprint density at radius 1 is 1.42 bits per heavy atom. The van der Waals surface area contributed by atoms with Gasteiger partial charge in [-0.25, -0.2) is 13.4 Å². The Hall–Kier alpha value is -1.89. The van der Waals surface area contributed by atoms with E-state index in [1.54, 1.807) is 31.4 Å². The van der Waals surface area contributed by atoms with Crippen molar-refractivity contribution in [1.29, 1.82) is 0 Å². The van der Waals surface area contributed by atoms with Gasteiger partial charge in [0.25, 0.3) is 5.91 Å². The zero-order valence-corrected chi connectivity index (χ0v) is 11.8. The van der Waals surface area contributed by atoms with Crippen LogP contribution in [0.2, 0.25) is 0 Å². The molecule has 0 saturated carbocycles. The molecule has 0 atom stereocenters. The van der Waals surface area contributed by atoms with Crippen LogP contribution in [0, 0.1) is 0 Å². The van der Waals surface area contributed by atoms with Crippen molar-refractivity contribution in [2.24, 2.45) is 0 Å². The lowest BCUT2D eigenvalue weighted by atomic mass is 10.3. The van der Waals surface area contributed by atoms with Crippen molar-refractivity contribution < 1.29 is 13.2 Å². The van der Waals surface area contributed by atoms with Gasteiger partial charge in [0, 0.05) is 26.0 Å². The molecule has 2 heterocycles. The Labute approximate surface area is 111 Å². The molecule has 6 nitrogen and oxygen atoms in total. The monoisotopic (exact) mass is 281 g/mol. The number of carbonyl (C=O) groups excluding carboxylic acids is 1. The average Bonchev–Trinajstić information content (AvgIpc) is 2.76. The Bertz CT molecular complexity index is 734. The van der Waals surface area contributed by atoms with Gasteiger partial charge in [-0.1, -0.05) is 6.07 Å². The number of sulfone groups is 1. The van der Waals surface area contributed by atoms with Crippen molar-refractivity contribution in [2.75, 3.05) is 19.8 Å². The predicted octanol–water partition coefficient (Wildman–Crippen LogP) is 0.830. The van der Waals surface area contributed by atoms with Crippen molar-refractivity contribution in [3.05, 3.63) is 30.1 Å².